The van der Waals surface area contributed by atoms with Crippen molar-refractivity contribution in [2.75, 3.05) is 4.90 Å². The van der Waals surface area contributed by atoms with Gasteiger partial charge in [-0.1, -0.05) is 6.58 Å². The Labute approximate surface area is 142 Å². The van der Waals surface area contributed by atoms with E-state index in [-0.39, 0.29) is 5.82 Å². The van der Waals surface area contributed by atoms with Gasteiger partial charge in [0.05, 0.1) is 5.69 Å². The molecule has 0 spiro atoms. The van der Waals surface area contributed by atoms with Crippen molar-refractivity contribution >= 4 is 23.6 Å². The van der Waals surface area contributed by atoms with Gasteiger partial charge in [-0.05, 0) is 66.2 Å². The molecule has 0 unspecified atom stereocenters. The zero-order valence-electron chi connectivity index (χ0n) is 15.3. The van der Waals surface area contributed by atoms with E-state index in [4.69, 9.17) is 9.47 Å². The Balaban J connectivity index is 3.19. The lowest BCUT2D eigenvalue weighted by atomic mass is 10.2. The van der Waals surface area contributed by atoms with Crippen molar-refractivity contribution in [2.45, 2.75) is 59.7 Å². The zero-order valence-corrected chi connectivity index (χ0v) is 15.3. The van der Waals surface area contributed by atoms with Gasteiger partial charge in [0.2, 0.25) is 0 Å². The van der Waals surface area contributed by atoms with E-state index in [0.29, 0.717) is 5.69 Å². The molecule has 0 atom stereocenters. The first-order chi connectivity index (χ1) is 10.8. The average Bonchev–Trinajstić information content (AvgIpc) is 2.34. The van der Waals surface area contributed by atoms with Crippen LogP contribution in [0.1, 0.15) is 54.2 Å². The summed E-state index contributed by atoms with van der Waals surface area (Å²) in [4.78, 5) is 25.6. The minimum atomic E-state index is -0.880. The van der Waals surface area contributed by atoms with Crippen LogP contribution in [0.3, 0.4) is 0 Å². The van der Waals surface area contributed by atoms with Gasteiger partial charge < -0.3 is 9.47 Å². The third kappa shape index (κ3) is 5.98. The number of nitrogens with zero attached hydrogens (tertiary/aromatic N) is 3. The van der Waals surface area contributed by atoms with Crippen molar-refractivity contribution in [1.82, 2.24) is 10.2 Å². The predicted molar refractivity (Wildman–Crippen MR) is 91.7 cm³/mol. The van der Waals surface area contributed by atoms with E-state index < -0.39 is 23.4 Å². The number of allylic oxidation sites excluding steroid dienone is 1. The molecule has 0 aromatic carbocycles. The zero-order chi connectivity index (χ0) is 18.7. The maximum absolute atomic E-state index is 12.4. The molecule has 1 rings (SSSR count). The smallest absolute Gasteiger partial charge is 0.425 e. The Hall–Kier alpha value is -2.44. The molecule has 0 bridgehead atoms. The number of aromatic nitrogens is 2. The molecule has 0 radical (unpaired) electrons. The number of hydrogen-bond donors (Lipinski definition) is 0. The van der Waals surface area contributed by atoms with Crippen molar-refractivity contribution in [3.8, 4) is 0 Å². The van der Waals surface area contributed by atoms with E-state index in [1.54, 1.807) is 54.5 Å². The lowest BCUT2D eigenvalue weighted by Gasteiger charge is -2.27. The molecule has 0 aliphatic carbocycles. The van der Waals surface area contributed by atoms with Crippen LogP contribution < -0.4 is 4.90 Å². The van der Waals surface area contributed by atoms with E-state index >= 15 is 0 Å². The highest BCUT2D eigenvalue weighted by Gasteiger charge is 2.33. The number of ether oxygens (including phenoxy) is 2. The Morgan fingerprint density at radius 2 is 1.42 bits per heavy atom. The summed E-state index contributed by atoms with van der Waals surface area (Å²) in [5, 5.41) is 7.87. The van der Waals surface area contributed by atoms with Crippen molar-refractivity contribution in [3.05, 3.63) is 24.4 Å². The molecule has 0 saturated heterocycles. The number of carbonyl (C=O) groups excluding carboxylic acids is 2. The van der Waals surface area contributed by atoms with Gasteiger partial charge in [-0.3, -0.25) is 0 Å². The van der Waals surface area contributed by atoms with Gasteiger partial charge in [0.1, 0.15) is 11.2 Å². The van der Waals surface area contributed by atoms with Crippen LogP contribution in [0.5, 0.6) is 0 Å². The van der Waals surface area contributed by atoms with Gasteiger partial charge in [-0.15, -0.1) is 10.2 Å². The van der Waals surface area contributed by atoms with Gasteiger partial charge in [0.15, 0.2) is 5.82 Å². The van der Waals surface area contributed by atoms with Crippen molar-refractivity contribution in [1.29, 1.82) is 0 Å². The SMILES string of the molecule is C=C(C)c1ccc(N(C(=O)OC(C)(C)C)C(=O)OC(C)(C)C)nn1. The van der Waals surface area contributed by atoms with E-state index in [0.717, 1.165) is 10.5 Å². The van der Waals surface area contributed by atoms with Gasteiger partial charge in [0.25, 0.3) is 0 Å². The molecule has 1 heterocycles. The minimum absolute atomic E-state index is 0.0171. The van der Waals surface area contributed by atoms with Crippen LogP contribution in [0.15, 0.2) is 18.7 Å². The van der Waals surface area contributed by atoms with Gasteiger partial charge in [-0.2, -0.15) is 4.90 Å². The highest BCUT2D eigenvalue weighted by Crippen LogP contribution is 2.20. The summed E-state index contributed by atoms with van der Waals surface area (Å²) in [6.07, 6.45) is -1.76. The monoisotopic (exact) mass is 335 g/mol. The largest absolute Gasteiger partial charge is 0.443 e. The third-order valence-corrected chi connectivity index (χ3v) is 2.47. The van der Waals surface area contributed by atoms with Gasteiger partial charge in [0, 0.05) is 0 Å². The predicted octanol–water partition coefficient (Wildman–Crippen LogP) is 4.19. The molecule has 0 aliphatic heterocycles. The number of anilines is 1. The second-order valence-electron chi connectivity index (χ2n) is 7.35. The van der Waals surface area contributed by atoms with Crippen LogP contribution in [0.25, 0.3) is 5.57 Å². The highest BCUT2D eigenvalue weighted by atomic mass is 16.6. The first kappa shape index (κ1) is 19.6. The summed E-state index contributed by atoms with van der Waals surface area (Å²) in [6, 6.07) is 3.11. The molecule has 132 valence electrons. The normalized spacial score (nSPS) is 11.6. The second-order valence-corrected chi connectivity index (χ2v) is 7.35. The van der Waals surface area contributed by atoms with Crippen LogP contribution in [-0.4, -0.2) is 33.6 Å². The van der Waals surface area contributed by atoms with E-state index in [2.05, 4.69) is 16.8 Å². The number of imide groups is 1. The molecular weight excluding hydrogens is 310 g/mol. The molecule has 0 saturated carbocycles. The summed E-state index contributed by atoms with van der Waals surface area (Å²) in [7, 11) is 0. The number of hydrogen-bond acceptors (Lipinski definition) is 6. The first-order valence-corrected chi connectivity index (χ1v) is 7.56. The maximum atomic E-state index is 12.4. The van der Waals surface area contributed by atoms with E-state index in [1.807, 2.05) is 0 Å². The highest BCUT2D eigenvalue weighted by molar-refractivity contribution is 6.08. The fourth-order valence-electron chi connectivity index (χ4n) is 1.55. The van der Waals surface area contributed by atoms with Crippen LogP contribution in [0, 0.1) is 0 Å². The Morgan fingerprint density at radius 3 is 1.71 bits per heavy atom. The molecule has 0 fully saturated rings. The summed E-state index contributed by atoms with van der Waals surface area (Å²) in [6.45, 7) is 15.8. The summed E-state index contributed by atoms with van der Waals surface area (Å²) >= 11 is 0. The molecule has 7 nitrogen and oxygen atoms in total. The Bertz CT molecular complexity index is 597. The Kier molecular flexibility index (Phi) is 5.71. The van der Waals surface area contributed by atoms with Crippen LogP contribution >= 0.6 is 0 Å². The minimum Gasteiger partial charge on any atom is -0.443 e. The van der Waals surface area contributed by atoms with Crippen molar-refractivity contribution in [3.63, 3.8) is 0 Å². The van der Waals surface area contributed by atoms with Gasteiger partial charge >= 0.3 is 12.2 Å². The van der Waals surface area contributed by atoms with Crippen LogP contribution in [0.4, 0.5) is 15.4 Å². The lowest BCUT2D eigenvalue weighted by Crippen LogP contribution is -2.44. The number of rotatable bonds is 2. The second kappa shape index (κ2) is 6.98. The lowest BCUT2D eigenvalue weighted by molar-refractivity contribution is 0.0428. The fraction of sp³-hybridized carbons (Fsp3) is 0.529. The van der Waals surface area contributed by atoms with E-state index in [9.17, 15) is 9.59 Å². The first-order valence-electron chi connectivity index (χ1n) is 7.56. The summed E-state index contributed by atoms with van der Waals surface area (Å²) in [5.74, 6) is 0.0171. The van der Waals surface area contributed by atoms with Crippen LogP contribution in [-0.2, 0) is 9.47 Å². The topological polar surface area (TPSA) is 81.6 Å². The molecule has 24 heavy (non-hydrogen) atoms. The molecule has 1 aromatic rings. The van der Waals surface area contributed by atoms with Crippen LogP contribution in [0.2, 0.25) is 0 Å². The molecular formula is C17H25N3O4. The fourth-order valence-corrected chi connectivity index (χ4v) is 1.55. The number of amides is 2. The average molecular weight is 335 g/mol. The standard InChI is InChI=1S/C17H25N3O4/c1-11(2)12-9-10-13(19-18-12)20(14(21)23-16(3,4)5)15(22)24-17(6,7)8/h9-10H,1H2,2-8H3. The molecule has 1 aromatic heterocycles. The number of carbonyl (C=O) groups is 2. The van der Waals surface area contributed by atoms with Crippen molar-refractivity contribution < 1.29 is 19.1 Å². The Morgan fingerprint density at radius 1 is 0.958 bits per heavy atom. The molecule has 0 N–H and O–H groups in total. The summed E-state index contributed by atoms with van der Waals surface area (Å²) < 4.78 is 10.5. The van der Waals surface area contributed by atoms with Gasteiger partial charge in [-0.25, -0.2) is 9.59 Å². The third-order valence-electron chi connectivity index (χ3n) is 2.47. The maximum Gasteiger partial charge on any atom is 0.425 e. The summed E-state index contributed by atoms with van der Waals surface area (Å²) in [5.41, 5.74) is -0.271. The molecule has 7 heteroatoms. The molecule has 2 amide bonds. The van der Waals surface area contributed by atoms with Crippen molar-refractivity contribution in [2.24, 2.45) is 0 Å². The van der Waals surface area contributed by atoms with E-state index in [1.165, 1.54) is 6.07 Å². The molecule has 0 aliphatic rings. The quantitative estimate of drug-likeness (QED) is 0.806.